The fourth-order valence-electron chi connectivity index (χ4n) is 0. The highest BCUT2D eigenvalue weighted by Crippen LogP contribution is 1.54. The van der Waals surface area contributed by atoms with E-state index in [0.717, 1.165) is 6.08 Å². The summed E-state index contributed by atoms with van der Waals surface area (Å²) < 4.78 is 5.89. The lowest BCUT2D eigenvalue weighted by Crippen LogP contribution is -1.82. The maximum atomic E-state index is 9.65. The lowest BCUT2D eigenvalue weighted by atomic mass is 10.7. The van der Waals surface area contributed by atoms with Crippen molar-refractivity contribution in [2.24, 2.45) is 0 Å². The van der Waals surface area contributed by atoms with Crippen LogP contribution < -0.4 is 0 Å². The van der Waals surface area contributed by atoms with E-state index in [1.807, 2.05) is 0 Å². The average Bonchev–Trinajstić information content (AvgIpc) is 1.65. The Labute approximate surface area is 31.2 Å². The van der Waals surface area contributed by atoms with Crippen molar-refractivity contribution in [3.05, 3.63) is 12.7 Å². The predicted octanol–water partition coefficient (Wildman–Crippen LogP) is 0.257. The van der Waals surface area contributed by atoms with Crippen molar-refractivity contribution in [3.63, 3.8) is 0 Å². The Balaban J connectivity index is 3.23. The number of carboxylic acids is 1. The molecule has 1 N–H and O–H groups in total. The zero-order chi connectivity index (χ0) is 4.99. The zero-order valence-corrected chi connectivity index (χ0v) is 2.60. The second kappa shape index (κ2) is 1.52. The molecule has 0 radical (unpaired) electrons. The molecule has 5 heavy (non-hydrogen) atoms. The normalized spacial score (nSPS) is 8.40. The third kappa shape index (κ3) is 3.21. The molecule has 0 aliphatic carbocycles. The van der Waals surface area contributed by atoms with Crippen molar-refractivity contribution < 1.29 is 9.90 Å². The first kappa shape index (κ1) is 2.45. The summed E-state index contributed by atoms with van der Waals surface area (Å²) in [5.41, 5.74) is 0. The highest BCUT2D eigenvalue weighted by molar-refractivity contribution is 5.78. The highest BCUT2D eigenvalue weighted by Gasteiger charge is 1.73. The fraction of sp³-hybridized carbons (Fsp3) is 0. The quantitative estimate of drug-likeness (QED) is 0.453. The van der Waals surface area contributed by atoms with E-state index < -0.39 is 5.97 Å². The van der Waals surface area contributed by atoms with Crippen LogP contribution in [0, 0.1) is 0 Å². The van der Waals surface area contributed by atoms with Crippen LogP contribution in [0.4, 0.5) is 0 Å². The molecule has 0 aromatic heterocycles. The van der Waals surface area contributed by atoms with Gasteiger partial charge in [0, 0.05) is 6.08 Å². The summed E-state index contributed by atoms with van der Waals surface area (Å²) in [6.45, 7) is 3.04. The number of rotatable bonds is 1. The van der Waals surface area contributed by atoms with Gasteiger partial charge in [-0.05, 0) is 0 Å². The Bertz CT molecular complexity index is 69.2. The molecule has 0 atom stereocenters. The van der Waals surface area contributed by atoms with Gasteiger partial charge in [-0.15, -0.1) is 0 Å². The van der Waals surface area contributed by atoms with Crippen LogP contribution >= 0.6 is 0 Å². The van der Waals surface area contributed by atoms with Gasteiger partial charge in [-0.1, -0.05) is 6.58 Å². The molecule has 0 amide bonds. The van der Waals surface area contributed by atoms with Gasteiger partial charge in [0.2, 0.25) is 0 Å². The third-order valence-electron chi connectivity index (χ3n) is 0.167. The van der Waals surface area contributed by atoms with Gasteiger partial charge in [-0.2, -0.15) is 0 Å². The Morgan fingerprint density at radius 3 is 3.00 bits per heavy atom. The van der Waals surface area contributed by atoms with E-state index in [1.54, 1.807) is 0 Å². The second-order valence-corrected chi connectivity index (χ2v) is 0.523. The molecule has 0 aliphatic rings. The van der Waals surface area contributed by atoms with Crippen LogP contribution in [0.3, 0.4) is 0 Å². The van der Waals surface area contributed by atoms with E-state index >= 15 is 0 Å². The first-order chi connectivity index (χ1) is 2.81. The summed E-state index contributed by atoms with van der Waals surface area (Å²) in [5, 5.41) is 3.39. The minimum atomic E-state index is -0.727. The summed E-state index contributed by atoms with van der Waals surface area (Å²) in [6.07, 6.45) is 0.924. The Hall–Kier alpha value is -0.790. The van der Waals surface area contributed by atoms with Gasteiger partial charge in [-0.25, -0.2) is 4.79 Å². The lowest BCUT2D eigenvalue weighted by Gasteiger charge is -1.64. The molecule has 0 aliphatic heterocycles. The van der Waals surface area contributed by atoms with Crippen molar-refractivity contribution in [3.8, 4) is 0 Å². The third-order valence-corrected chi connectivity index (χ3v) is 0.167. The number of carboxylic acid groups (broad SMARTS) is 1. The van der Waals surface area contributed by atoms with Gasteiger partial charge in [0.15, 0.2) is 0 Å². The predicted molar refractivity (Wildman–Crippen MR) is 17.8 cm³/mol. The topological polar surface area (TPSA) is 37.3 Å². The standard InChI is InChI=1S/C3H4O2/c1-2-3(4)5/h2H,1H2,(H,4,5)/i/hT. The van der Waals surface area contributed by atoms with E-state index in [2.05, 4.69) is 11.7 Å². The SMILES string of the molecule is [3H]OC(=O)C=C. The largest absolute Gasteiger partial charge is 0.478 e. The van der Waals surface area contributed by atoms with Crippen molar-refractivity contribution in [1.29, 1.82) is 1.43 Å². The van der Waals surface area contributed by atoms with Crippen molar-refractivity contribution in [2.45, 2.75) is 0 Å². The molecule has 0 rings (SSSR count). The summed E-state index contributed by atoms with van der Waals surface area (Å²) in [7, 11) is 0. The zero-order valence-electron chi connectivity index (χ0n) is 3.60. The van der Waals surface area contributed by atoms with Crippen molar-refractivity contribution in [1.82, 2.24) is 0 Å². The molecule has 0 unspecified atom stereocenters. The molecule has 0 spiro atoms. The van der Waals surface area contributed by atoms with Crippen molar-refractivity contribution >= 4 is 5.97 Å². The van der Waals surface area contributed by atoms with E-state index in [9.17, 15) is 4.79 Å². The highest BCUT2D eigenvalue weighted by atomic mass is 16.4. The summed E-state index contributed by atoms with van der Waals surface area (Å²) in [5.74, 6) is -0.727. The first-order valence-corrected chi connectivity index (χ1v) is 1.11. The average molecular weight is 74.1 g/mol. The first-order valence-electron chi connectivity index (χ1n) is 1.51. The molecular formula is C3H4O2. The molecule has 28 valence electrons. The molecule has 0 aromatic carbocycles. The van der Waals surface area contributed by atoms with Crippen LogP contribution in [-0.2, 0) is 4.79 Å². The Morgan fingerprint density at radius 1 is 2.40 bits per heavy atom. The Kier molecular flexibility index (Phi) is 0.745. The van der Waals surface area contributed by atoms with Gasteiger partial charge in [0.1, 0.15) is 0 Å². The number of hydrogen-bond acceptors (Lipinski definition) is 2. The fourth-order valence-corrected chi connectivity index (χ4v) is 0. The van der Waals surface area contributed by atoms with Gasteiger partial charge in [-0.3, -0.25) is 0 Å². The molecule has 0 bridgehead atoms. The van der Waals surface area contributed by atoms with Crippen molar-refractivity contribution in [2.75, 3.05) is 0 Å². The Morgan fingerprint density at radius 2 is 3.00 bits per heavy atom. The van der Waals surface area contributed by atoms with Gasteiger partial charge in [0.25, 0.3) is 1.43 Å². The molecule has 0 heterocycles. The van der Waals surface area contributed by atoms with E-state index in [-0.39, 0.29) is 0 Å². The summed E-state index contributed by atoms with van der Waals surface area (Å²) in [4.78, 5) is 9.65. The second-order valence-electron chi connectivity index (χ2n) is 0.523. The number of carbonyl (C=O) groups is 1. The van der Waals surface area contributed by atoms with Crippen LogP contribution in [0.2, 0.25) is 0 Å². The summed E-state index contributed by atoms with van der Waals surface area (Å²) in [6, 6.07) is 0. The molecule has 2 heteroatoms. The summed E-state index contributed by atoms with van der Waals surface area (Å²) >= 11 is 0. The number of hydrogen-bond donors (Lipinski definition) is 1. The monoisotopic (exact) mass is 74.0 g/mol. The molecule has 0 fully saturated rings. The minimum Gasteiger partial charge on any atom is -0.478 e. The van der Waals surface area contributed by atoms with Crippen LogP contribution in [0.15, 0.2) is 12.7 Å². The van der Waals surface area contributed by atoms with E-state index in [4.69, 9.17) is 1.43 Å². The molecular weight excluding hydrogens is 68.0 g/mol. The minimum absolute atomic E-state index is 0.727. The van der Waals surface area contributed by atoms with Gasteiger partial charge in [0.05, 0.1) is 0 Å². The molecule has 2 nitrogen and oxygen atoms in total. The van der Waals surface area contributed by atoms with Crippen LogP contribution in [0.25, 0.3) is 1.43 Å². The maximum Gasteiger partial charge on any atom is 0.327 e. The van der Waals surface area contributed by atoms with Crippen LogP contribution in [0.1, 0.15) is 0 Å². The molecule has 0 saturated carbocycles. The van der Waals surface area contributed by atoms with Crippen LogP contribution in [0.5, 0.6) is 0 Å². The molecule has 0 saturated heterocycles. The van der Waals surface area contributed by atoms with Crippen LogP contribution in [-0.4, -0.2) is 11.1 Å². The molecule has 0 aromatic rings. The maximum absolute atomic E-state index is 9.65. The number of aliphatic carboxylic acids is 1. The van der Waals surface area contributed by atoms with Gasteiger partial charge < -0.3 is 5.11 Å². The smallest absolute Gasteiger partial charge is 0.327 e. The van der Waals surface area contributed by atoms with Gasteiger partial charge >= 0.3 is 5.97 Å². The van der Waals surface area contributed by atoms with E-state index in [0.29, 0.717) is 0 Å². The lowest BCUT2D eigenvalue weighted by molar-refractivity contribution is -0.131. The van der Waals surface area contributed by atoms with E-state index in [1.165, 1.54) is 0 Å².